The highest BCUT2D eigenvalue weighted by Gasteiger charge is 2.04. The second-order valence-electron chi connectivity index (χ2n) is 5.06. The molecule has 106 valence electrons. The summed E-state index contributed by atoms with van der Waals surface area (Å²) in [5.41, 5.74) is 3.72. The van der Waals surface area contributed by atoms with Crippen LogP contribution in [0.1, 0.15) is 18.1 Å². The van der Waals surface area contributed by atoms with Crippen LogP contribution < -0.4 is 10.1 Å². The molecule has 0 heterocycles. The van der Waals surface area contributed by atoms with Gasteiger partial charge in [-0.15, -0.1) is 0 Å². The number of hydrogen-bond acceptors (Lipinski definition) is 2. The van der Waals surface area contributed by atoms with Gasteiger partial charge in [0, 0.05) is 10.7 Å². The van der Waals surface area contributed by atoms with Crippen LogP contribution in [0, 0.1) is 13.8 Å². The second-order valence-corrected chi connectivity index (χ2v) is 5.50. The molecular weight excluding hydrogens is 270 g/mol. The van der Waals surface area contributed by atoms with Crippen LogP contribution in [0.3, 0.4) is 0 Å². The van der Waals surface area contributed by atoms with Gasteiger partial charge in [-0.3, -0.25) is 0 Å². The number of aryl methyl sites for hydroxylation is 2. The van der Waals surface area contributed by atoms with Crippen molar-refractivity contribution in [3.05, 3.63) is 58.6 Å². The molecular formula is C17H20ClNO. The van der Waals surface area contributed by atoms with E-state index in [1.165, 1.54) is 11.1 Å². The third-order valence-corrected chi connectivity index (χ3v) is 3.50. The largest absolute Gasteiger partial charge is 0.489 e. The zero-order chi connectivity index (χ0) is 14.5. The third kappa shape index (κ3) is 4.17. The van der Waals surface area contributed by atoms with Gasteiger partial charge >= 0.3 is 0 Å². The van der Waals surface area contributed by atoms with Crippen molar-refractivity contribution >= 4 is 17.3 Å². The summed E-state index contributed by atoms with van der Waals surface area (Å²) >= 11 is 5.85. The molecule has 20 heavy (non-hydrogen) atoms. The van der Waals surface area contributed by atoms with Crippen LogP contribution in [0.15, 0.2) is 42.5 Å². The molecule has 0 bridgehead atoms. The van der Waals surface area contributed by atoms with Crippen molar-refractivity contribution in [2.75, 3.05) is 11.9 Å². The van der Waals surface area contributed by atoms with E-state index in [9.17, 15) is 0 Å². The summed E-state index contributed by atoms with van der Waals surface area (Å²) in [5.74, 6) is 0.837. The molecule has 0 aliphatic heterocycles. The Labute approximate surface area is 125 Å². The summed E-state index contributed by atoms with van der Waals surface area (Å²) in [6.07, 6.45) is 0.0813. The summed E-state index contributed by atoms with van der Waals surface area (Å²) in [6, 6.07) is 13.8. The molecule has 3 heteroatoms. The van der Waals surface area contributed by atoms with Crippen molar-refractivity contribution in [2.24, 2.45) is 0 Å². The maximum Gasteiger partial charge on any atom is 0.119 e. The van der Waals surface area contributed by atoms with Crippen LogP contribution in [0.4, 0.5) is 5.69 Å². The Hall–Kier alpha value is -1.67. The van der Waals surface area contributed by atoms with Crippen molar-refractivity contribution in [1.29, 1.82) is 0 Å². The Kier molecular flexibility index (Phi) is 4.91. The SMILES string of the molecule is Cc1ccc(NCC(C)Oc2ccc(Cl)cc2)cc1C. The normalized spacial score (nSPS) is 12.0. The molecule has 2 aromatic carbocycles. The molecule has 0 fully saturated rings. The molecule has 0 radical (unpaired) electrons. The molecule has 2 rings (SSSR count). The fourth-order valence-electron chi connectivity index (χ4n) is 1.90. The first kappa shape index (κ1) is 14.7. The highest BCUT2D eigenvalue weighted by Crippen LogP contribution is 2.18. The number of nitrogens with one attached hydrogen (secondary N) is 1. The number of hydrogen-bond donors (Lipinski definition) is 1. The first-order chi connectivity index (χ1) is 9.54. The Morgan fingerprint density at radius 1 is 1.05 bits per heavy atom. The molecule has 1 N–H and O–H groups in total. The molecule has 2 aromatic rings. The molecule has 0 spiro atoms. The Balaban J connectivity index is 1.86. The summed E-state index contributed by atoms with van der Waals surface area (Å²) in [7, 11) is 0. The maximum atomic E-state index is 5.85. The molecule has 0 aliphatic rings. The second kappa shape index (κ2) is 6.67. The van der Waals surface area contributed by atoms with Crippen LogP contribution >= 0.6 is 11.6 Å². The zero-order valence-electron chi connectivity index (χ0n) is 12.1. The summed E-state index contributed by atoms with van der Waals surface area (Å²) in [4.78, 5) is 0. The predicted octanol–water partition coefficient (Wildman–Crippen LogP) is 4.84. The molecule has 0 aliphatic carbocycles. The third-order valence-electron chi connectivity index (χ3n) is 3.25. The van der Waals surface area contributed by atoms with Gasteiger partial charge in [0.1, 0.15) is 11.9 Å². The van der Waals surface area contributed by atoms with Crippen molar-refractivity contribution in [2.45, 2.75) is 26.9 Å². The van der Waals surface area contributed by atoms with Crippen molar-refractivity contribution < 1.29 is 4.74 Å². The average Bonchev–Trinajstić information content (AvgIpc) is 2.43. The van der Waals surface area contributed by atoms with Crippen LogP contribution in [0.5, 0.6) is 5.75 Å². The number of anilines is 1. The minimum atomic E-state index is 0.0813. The zero-order valence-corrected chi connectivity index (χ0v) is 12.9. The van der Waals surface area contributed by atoms with E-state index >= 15 is 0 Å². The number of rotatable bonds is 5. The molecule has 0 saturated carbocycles. The summed E-state index contributed by atoms with van der Waals surface area (Å²) in [6.45, 7) is 7.04. The van der Waals surface area contributed by atoms with E-state index in [4.69, 9.17) is 16.3 Å². The van der Waals surface area contributed by atoms with E-state index in [1.807, 2.05) is 31.2 Å². The van der Waals surface area contributed by atoms with E-state index < -0.39 is 0 Å². The molecule has 0 saturated heterocycles. The maximum absolute atomic E-state index is 5.85. The minimum Gasteiger partial charge on any atom is -0.489 e. The molecule has 2 nitrogen and oxygen atoms in total. The predicted molar refractivity (Wildman–Crippen MR) is 85.9 cm³/mol. The van der Waals surface area contributed by atoms with Gasteiger partial charge in [0.2, 0.25) is 0 Å². The Bertz CT molecular complexity index is 566. The van der Waals surface area contributed by atoms with Gasteiger partial charge in [-0.1, -0.05) is 17.7 Å². The molecule has 0 amide bonds. The quantitative estimate of drug-likeness (QED) is 0.851. The Morgan fingerprint density at radius 3 is 2.40 bits per heavy atom. The molecule has 1 atom stereocenters. The van der Waals surface area contributed by atoms with Gasteiger partial charge in [0.05, 0.1) is 6.54 Å². The van der Waals surface area contributed by atoms with E-state index in [0.29, 0.717) is 0 Å². The van der Waals surface area contributed by atoms with Crippen LogP contribution in [0.2, 0.25) is 5.02 Å². The van der Waals surface area contributed by atoms with E-state index in [-0.39, 0.29) is 6.10 Å². The first-order valence-corrected chi connectivity index (χ1v) is 7.16. The number of benzene rings is 2. The van der Waals surface area contributed by atoms with Crippen molar-refractivity contribution in [3.8, 4) is 5.75 Å². The van der Waals surface area contributed by atoms with E-state index in [2.05, 4.69) is 37.4 Å². The van der Waals surface area contributed by atoms with Gasteiger partial charge in [0.15, 0.2) is 0 Å². The van der Waals surface area contributed by atoms with Crippen LogP contribution in [-0.2, 0) is 0 Å². The summed E-state index contributed by atoms with van der Waals surface area (Å²) in [5, 5.41) is 4.11. The highest BCUT2D eigenvalue weighted by atomic mass is 35.5. The molecule has 1 unspecified atom stereocenters. The van der Waals surface area contributed by atoms with Crippen LogP contribution in [0.25, 0.3) is 0 Å². The lowest BCUT2D eigenvalue weighted by Crippen LogP contribution is -2.22. The standard InChI is InChI=1S/C17H20ClNO/c1-12-4-7-16(10-13(12)2)19-11-14(3)20-17-8-5-15(18)6-9-17/h4-10,14,19H,11H2,1-3H3. The van der Waals surface area contributed by atoms with Gasteiger partial charge in [-0.25, -0.2) is 0 Å². The lowest BCUT2D eigenvalue weighted by molar-refractivity contribution is 0.235. The van der Waals surface area contributed by atoms with Gasteiger partial charge in [-0.05, 0) is 68.3 Å². The minimum absolute atomic E-state index is 0.0813. The first-order valence-electron chi connectivity index (χ1n) is 6.78. The summed E-state index contributed by atoms with van der Waals surface area (Å²) < 4.78 is 5.82. The number of ether oxygens (including phenoxy) is 1. The highest BCUT2D eigenvalue weighted by molar-refractivity contribution is 6.30. The monoisotopic (exact) mass is 289 g/mol. The fourth-order valence-corrected chi connectivity index (χ4v) is 2.03. The number of halogens is 1. The van der Waals surface area contributed by atoms with E-state index in [0.717, 1.165) is 23.0 Å². The lowest BCUT2D eigenvalue weighted by Gasteiger charge is -2.16. The van der Waals surface area contributed by atoms with Gasteiger partial charge in [-0.2, -0.15) is 0 Å². The topological polar surface area (TPSA) is 21.3 Å². The smallest absolute Gasteiger partial charge is 0.119 e. The van der Waals surface area contributed by atoms with Crippen molar-refractivity contribution in [1.82, 2.24) is 0 Å². The molecule has 0 aromatic heterocycles. The average molecular weight is 290 g/mol. The van der Waals surface area contributed by atoms with Crippen molar-refractivity contribution in [3.63, 3.8) is 0 Å². The Morgan fingerprint density at radius 2 is 1.75 bits per heavy atom. The van der Waals surface area contributed by atoms with Crippen LogP contribution in [-0.4, -0.2) is 12.6 Å². The fraction of sp³-hybridized carbons (Fsp3) is 0.294. The van der Waals surface area contributed by atoms with Gasteiger partial charge in [0.25, 0.3) is 0 Å². The van der Waals surface area contributed by atoms with Gasteiger partial charge < -0.3 is 10.1 Å². The lowest BCUT2D eigenvalue weighted by atomic mass is 10.1. The van der Waals surface area contributed by atoms with E-state index in [1.54, 1.807) is 0 Å².